The zero-order chi connectivity index (χ0) is 23.5. The van der Waals surface area contributed by atoms with E-state index in [2.05, 4.69) is 41.6 Å². The lowest BCUT2D eigenvalue weighted by Gasteiger charge is -2.14. The van der Waals surface area contributed by atoms with Crippen LogP contribution in [-0.4, -0.2) is 56.9 Å². The molecule has 5 rings (SSSR count). The molecule has 1 aromatic carbocycles. The molecule has 3 heterocycles. The van der Waals surface area contributed by atoms with Crippen LogP contribution in [0.15, 0.2) is 51.9 Å². The molecule has 0 aliphatic heterocycles. The number of fused-ring (bicyclic) bond motifs is 1. The highest BCUT2D eigenvalue weighted by Crippen LogP contribution is 2.29. The summed E-state index contributed by atoms with van der Waals surface area (Å²) in [5.74, 6) is 1.14. The first-order chi connectivity index (χ1) is 16.6. The Balaban J connectivity index is 1.32. The molecule has 1 aliphatic rings. The van der Waals surface area contributed by atoms with Gasteiger partial charge in [-0.25, -0.2) is 14.6 Å². The number of aromatic nitrogens is 5. The predicted molar refractivity (Wildman–Crippen MR) is 129 cm³/mol. The molecule has 2 N–H and O–H groups in total. The second kappa shape index (κ2) is 9.90. The van der Waals surface area contributed by atoms with Crippen molar-refractivity contribution >= 4 is 38.8 Å². The lowest BCUT2D eigenvalue weighted by atomic mass is 10.1. The molecule has 11 heteroatoms. The van der Waals surface area contributed by atoms with Crippen LogP contribution in [0, 0.1) is 5.92 Å². The van der Waals surface area contributed by atoms with E-state index in [0.717, 1.165) is 35.9 Å². The van der Waals surface area contributed by atoms with E-state index in [1.54, 1.807) is 30.4 Å². The highest BCUT2D eigenvalue weighted by atomic mass is 79.9. The van der Waals surface area contributed by atoms with Crippen molar-refractivity contribution in [3.63, 3.8) is 0 Å². The van der Waals surface area contributed by atoms with Gasteiger partial charge in [0.1, 0.15) is 10.9 Å². The van der Waals surface area contributed by atoms with Gasteiger partial charge in [0.05, 0.1) is 23.9 Å². The molecule has 1 saturated carbocycles. The predicted octanol–water partition coefficient (Wildman–Crippen LogP) is 3.58. The monoisotopic (exact) mass is 525 g/mol. The average molecular weight is 526 g/mol. The van der Waals surface area contributed by atoms with Crippen molar-refractivity contribution in [3.05, 3.63) is 47.5 Å². The SMILES string of the molecule is COCCNC(=O)[C@@H]1CC[C@@H](Nc2ncc3c(Br)nn(-c4ccc(-c5ncco5)cc4)c3n2)C1. The third kappa shape index (κ3) is 4.66. The van der Waals surface area contributed by atoms with E-state index in [1.165, 1.54) is 0 Å². The number of carbonyl (C=O) groups is 1. The fourth-order valence-corrected chi connectivity index (χ4v) is 4.62. The summed E-state index contributed by atoms with van der Waals surface area (Å²) in [6.07, 6.45) is 7.38. The number of amides is 1. The molecule has 0 unspecified atom stereocenters. The third-order valence-electron chi connectivity index (χ3n) is 5.91. The highest BCUT2D eigenvalue weighted by molar-refractivity contribution is 9.10. The van der Waals surface area contributed by atoms with Crippen LogP contribution in [0.1, 0.15) is 19.3 Å². The minimum absolute atomic E-state index is 0.0140. The first kappa shape index (κ1) is 22.5. The summed E-state index contributed by atoms with van der Waals surface area (Å²) in [6.45, 7) is 1.04. The number of methoxy groups -OCH3 is 1. The first-order valence-corrected chi connectivity index (χ1v) is 11.9. The van der Waals surface area contributed by atoms with Crippen LogP contribution in [-0.2, 0) is 9.53 Å². The largest absolute Gasteiger partial charge is 0.445 e. The number of rotatable bonds is 8. The Hall–Kier alpha value is -3.31. The summed E-state index contributed by atoms with van der Waals surface area (Å²) in [5, 5.41) is 11.7. The van der Waals surface area contributed by atoms with E-state index in [9.17, 15) is 4.79 Å². The smallest absolute Gasteiger partial charge is 0.225 e. The van der Waals surface area contributed by atoms with Crippen LogP contribution in [0.4, 0.5) is 5.95 Å². The van der Waals surface area contributed by atoms with Crippen molar-refractivity contribution in [1.29, 1.82) is 0 Å². The first-order valence-electron chi connectivity index (χ1n) is 11.1. The van der Waals surface area contributed by atoms with Gasteiger partial charge in [-0.2, -0.15) is 10.1 Å². The van der Waals surface area contributed by atoms with Gasteiger partial charge in [0, 0.05) is 37.4 Å². The van der Waals surface area contributed by atoms with Gasteiger partial charge in [0.25, 0.3) is 0 Å². The van der Waals surface area contributed by atoms with E-state index in [-0.39, 0.29) is 17.9 Å². The standard InChI is InChI=1S/C23H24BrN7O3/c1-33-10-8-25-21(32)15-2-5-16(12-15)28-23-27-13-18-19(24)30-31(20(18)29-23)17-6-3-14(4-7-17)22-26-9-11-34-22/h3-4,6-7,9,11,13,15-16H,2,5,8,10,12H2,1H3,(H,25,32)(H,27,28,29)/t15-,16-/m1/s1. The maximum Gasteiger partial charge on any atom is 0.225 e. The number of hydrogen-bond donors (Lipinski definition) is 2. The topological polar surface area (TPSA) is 120 Å². The van der Waals surface area contributed by atoms with Crippen molar-refractivity contribution in [1.82, 2.24) is 30.0 Å². The summed E-state index contributed by atoms with van der Waals surface area (Å²) in [4.78, 5) is 25.7. The highest BCUT2D eigenvalue weighted by Gasteiger charge is 2.30. The van der Waals surface area contributed by atoms with E-state index in [1.807, 2.05) is 24.3 Å². The molecule has 10 nitrogen and oxygen atoms in total. The van der Waals surface area contributed by atoms with Gasteiger partial charge >= 0.3 is 0 Å². The zero-order valence-corrected chi connectivity index (χ0v) is 20.2. The summed E-state index contributed by atoms with van der Waals surface area (Å²) < 4.78 is 12.8. The average Bonchev–Trinajstić information content (AvgIpc) is 3.61. The zero-order valence-electron chi connectivity index (χ0n) is 18.6. The number of nitrogens with one attached hydrogen (secondary N) is 2. The van der Waals surface area contributed by atoms with Crippen LogP contribution in [0.5, 0.6) is 0 Å². The molecule has 1 amide bonds. The number of halogens is 1. The summed E-state index contributed by atoms with van der Waals surface area (Å²) in [6, 6.07) is 7.88. The Kier molecular flexibility index (Phi) is 6.54. The number of benzene rings is 1. The Morgan fingerprint density at radius 2 is 2.12 bits per heavy atom. The molecule has 34 heavy (non-hydrogen) atoms. The lowest BCUT2D eigenvalue weighted by molar-refractivity contribution is -0.125. The van der Waals surface area contributed by atoms with Gasteiger partial charge < -0.3 is 19.8 Å². The summed E-state index contributed by atoms with van der Waals surface area (Å²) in [7, 11) is 1.62. The van der Waals surface area contributed by atoms with E-state index in [4.69, 9.17) is 14.1 Å². The molecule has 0 spiro atoms. The molecular formula is C23H24BrN7O3. The van der Waals surface area contributed by atoms with Crippen molar-refractivity contribution in [2.24, 2.45) is 5.92 Å². The fourth-order valence-electron chi connectivity index (χ4n) is 4.18. The number of carbonyl (C=O) groups excluding carboxylic acids is 1. The van der Waals surface area contributed by atoms with Crippen LogP contribution in [0.25, 0.3) is 28.2 Å². The Morgan fingerprint density at radius 1 is 1.26 bits per heavy atom. The van der Waals surface area contributed by atoms with Crippen LogP contribution in [0.2, 0.25) is 0 Å². The quantitative estimate of drug-likeness (QED) is 0.335. The third-order valence-corrected chi connectivity index (χ3v) is 6.50. The minimum atomic E-state index is -0.0140. The summed E-state index contributed by atoms with van der Waals surface area (Å²) in [5.41, 5.74) is 2.41. The second-order valence-electron chi connectivity index (χ2n) is 8.15. The Morgan fingerprint density at radius 3 is 2.88 bits per heavy atom. The second-order valence-corrected chi connectivity index (χ2v) is 8.90. The molecule has 1 aliphatic carbocycles. The molecule has 0 bridgehead atoms. The van der Waals surface area contributed by atoms with Gasteiger partial charge in [-0.15, -0.1) is 0 Å². The van der Waals surface area contributed by atoms with Crippen LogP contribution < -0.4 is 10.6 Å². The normalized spacial score (nSPS) is 17.8. The van der Waals surface area contributed by atoms with Gasteiger partial charge in [-0.3, -0.25) is 4.79 Å². The molecule has 1 fully saturated rings. The van der Waals surface area contributed by atoms with Crippen LogP contribution in [0.3, 0.4) is 0 Å². The summed E-state index contributed by atoms with van der Waals surface area (Å²) >= 11 is 3.51. The molecule has 0 radical (unpaired) electrons. The van der Waals surface area contributed by atoms with Gasteiger partial charge in [-0.1, -0.05) is 0 Å². The maximum atomic E-state index is 12.3. The van der Waals surface area contributed by atoms with Gasteiger partial charge in [0.15, 0.2) is 5.65 Å². The van der Waals surface area contributed by atoms with E-state index in [0.29, 0.717) is 35.2 Å². The van der Waals surface area contributed by atoms with E-state index >= 15 is 0 Å². The minimum Gasteiger partial charge on any atom is -0.445 e. The fraction of sp³-hybridized carbons (Fsp3) is 0.348. The number of ether oxygens (including phenoxy) is 1. The van der Waals surface area contributed by atoms with Gasteiger partial charge in [-0.05, 0) is 59.5 Å². The number of anilines is 1. The Bertz CT molecular complexity index is 1270. The molecule has 4 aromatic rings. The lowest BCUT2D eigenvalue weighted by Crippen LogP contribution is -2.32. The maximum absolute atomic E-state index is 12.3. The van der Waals surface area contributed by atoms with Crippen LogP contribution >= 0.6 is 15.9 Å². The van der Waals surface area contributed by atoms with Crippen molar-refractivity contribution in [3.8, 4) is 17.1 Å². The van der Waals surface area contributed by atoms with E-state index < -0.39 is 0 Å². The number of oxazole rings is 1. The number of nitrogens with zero attached hydrogens (tertiary/aromatic N) is 5. The molecule has 3 aromatic heterocycles. The molecular weight excluding hydrogens is 502 g/mol. The van der Waals surface area contributed by atoms with Crippen molar-refractivity contribution in [2.75, 3.05) is 25.6 Å². The van der Waals surface area contributed by atoms with Crippen molar-refractivity contribution in [2.45, 2.75) is 25.3 Å². The Labute approximate surface area is 204 Å². The number of hydrogen-bond acceptors (Lipinski definition) is 8. The van der Waals surface area contributed by atoms with Crippen molar-refractivity contribution < 1.29 is 13.9 Å². The molecule has 2 atom stereocenters. The van der Waals surface area contributed by atoms with Gasteiger partial charge in [0.2, 0.25) is 17.7 Å². The molecule has 176 valence electrons. The molecule has 0 saturated heterocycles.